The molecule has 3 heterocycles. The third-order valence-electron chi connectivity index (χ3n) is 11.5. The number of halogens is 3. The van der Waals surface area contributed by atoms with E-state index in [1.165, 1.54) is 18.3 Å². The average Bonchev–Trinajstić information content (AvgIpc) is 3.35. The third kappa shape index (κ3) is 6.78. The number of alkyl halides is 2. The van der Waals surface area contributed by atoms with Crippen LogP contribution in [0.1, 0.15) is 89.3 Å². The molecule has 1 aromatic heterocycles. The maximum atomic E-state index is 13.9. The average molecular weight is 693 g/mol. The van der Waals surface area contributed by atoms with E-state index in [-0.39, 0.29) is 90.7 Å². The van der Waals surface area contributed by atoms with Crippen molar-refractivity contribution < 1.29 is 37.4 Å². The molecule has 2 atom stereocenters. The first-order valence-corrected chi connectivity index (χ1v) is 17.4. The van der Waals surface area contributed by atoms with Gasteiger partial charge in [0.1, 0.15) is 5.82 Å². The van der Waals surface area contributed by atoms with Gasteiger partial charge >= 0.3 is 5.97 Å². The van der Waals surface area contributed by atoms with Gasteiger partial charge in [-0.1, -0.05) is 44.2 Å². The molecule has 2 aliphatic heterocycles. The monoisotopic (exact) mass is 692 g/mol. The first-order valence-electron chi connectivity index (χ1n) is 17.4. The zero-order valence-electron chi connectivity index (χ0n) is 28.4. The molecule has 1 N–H and O–H groups in total. The summed E-state index contributed by atoms with van der Waals surface area (Å²) in [4.78, 5) is 43.2. The molecule has 1 spiro atoms. The lowest BCUT2D eigenvalue weighted by Gasteiger charge is -2.51. The van der Waals surface area contributed by atoms with Crippen LogP contribution in [0.4, 0.5) is 13.2 Å². The van der Waals surface area contributed by atoms with Crippen molar-refractivity contribution in [2.75, 3.05) is 32.8 Å². The number of rotatable bonds is 10. The fourth-order valence-electron chi connectivity index (χ4n) is 8.28. The van der Waals surface area contributed by atoms with Gasteiger partial charge in [0.25, 0.3) is 5.91 Å². The van der Waals surface area contributed by atoms with Crippen LogP contribution >= 0.6 is 0 Å². The number of amides is 2. The highest BCUT2D eigenvalue weighted by atomic mass is 19.3. The summed E-state index contributed by atoms with van der Waals surface area (Å²) in [5.74, 6) is -4.52. The molecular weight excluding hydrogens is 649 g/mol. The van der Waals surface area contributed by atoms with Crippen molar-refractivity contribution in [3.8, 4) is 0 Å². The van der Waals surface area contributed by atoms with Crippen LogP contribution in [0, 0.1) is 28.5 Å². The Morgan fingerprint density at radius 3 is 2.34 bits per heavy atom. The first-order chi connectivity index (χ1) is 23.7. The highest BCUT2D eigenvalue weighted by molar-refractivity contribution is 5.94. The number of carboxylic acid groups (broad SMARTS) is 1. The molecule has 2 amide bonds. The van der Waals surface area contributed by atoms with E-state index >= 15 is 0 Å². The largest absolute Gasteiger partial charge is 0.478 e. The maximum Gasteiger partial charge on any atom is 0.336 e. The summed E-state index contributed by atoms with van der Waals surface area (Å²) in [6.07, 6.45) is 4.01. The van der Waals surface area contributed by atoms with Gasteiger partial charge in [0.05, 0.1) is 37.1 Å². The summed E-state index contributed by atoms with van der Waals surface area (Å²) in [5.41, 5.74) is 2.09. The third-order valence-corrected chi connectivity index (χ3v) is 11.5. The topological polar surface area (TPSA) is 105 Å². The molecule has 3 aromatic rings. The standard InChI is InChI=1S/C38H43F3N4O5/c1-36(2)14-31(36)34(47)44-22-37(23-44)21-43(33(46)27-15-42-45(17-27)16-24-6-8-29(39)9-7-24)18-28(37)20-50-19-26-4-3-5-30(32(26)35(48)49)25-10-12-38(40,41)13-11-25/h3-9,15,17,25,28,31H,10-14,16,18-23H2,1-2H3,(H,48,49)/t28-,31+/m0/s1. The Kier molecular flexibility index (Phi) is 8.81. The van der Waals surface area contributed by atoms with Crippen LogP contribution in [0.3, 0.4) is 0 Å². The van der Waals surface area contributed by atoms with Crippen molar-refractivity contribution >= 4 is 17.8 Å². The molecule has 266 valence electrons. The predicted octanol–water partition coefficient (Wildman–Crippen LogP) is 6.23. The normalized spacial score (nSPS) is 23.5. The molecule has 2 aliphatic carbocycles. The van der Waals surface area contributed by atoms with E-state index in [1.807, 2.05) is 4.90 Å². The van der Waals surface area contributed by atoms with Gasteiger partial charge < -0.3 is 19.6 Å². The van der Waals surface area contributed by atoms with E-state index in [4.69, 9.17) is 4.74 Å². The van der Waals surface area contributed by atoms with Crippen LogP contribution < -0.4 is 0 Å². The number of nitrogens with zero attached hydrogens (tertiary/aromatic N) is 4. The summed E-state index contributed by atoms with van der Waals surface area (Å²) in [6.45, 7) is 6.73. The van der Waals surface area contributed by atoms with Gasteiger partial charge in [0, 0.05) is 62.5 Å². The van der Waals surface area contributed by atoms with Crippen LogP contribution in [-0.2, 0) is 22.7 Å². The van der Waals surface area contributed by atoms with Crippen molar-refractivity contribution in [3.05, 3.63) is 88.5 Å². The SMILES string of the molecule is CC1(C)C[C@@H]1C(=O)N1CC2(CN(C(=O)c3cnn(Cc4ccc(F)cc4)c3)C[C@H]2COCc2cccc(C3CCC(F)(F)CC3)c2C(=O)O)C1. The molecule has 4 fully saturated rings. The second-order valence-corrected chi connectivity index (χ2v) is 15.6. The number of hydrogen-bond donors (Lipinski definition) is 1. The summed E-state index contributed by atoms with van der Waals surface area (Å²) in [6, 6.07) is 11.3. The van der Waals surface area contributed by atoms with Gasteiger partial charge in [0.15, 0.2) is 0 Å². The second-order valence-electron chi connectivity index (χ2n) is 15.6. The highest BCUT2D eigenvalue weighted by Crippen LogP contribution is 2.54. The molecule has 0 unspecified atom stereocenters. The molecule has 2 saturated carbocycles. The number of carbonyl (C=O) groups excluding carboxylic acids is 2. The molecule has 9 nitrogen and oxygen atoms in total. The highest BCUT2D eigenvalue weighted by Gasteiger charge is 2.60. The summed E-state index contributed by atoms with van der Waals surface area (Å²) < 4.78 is 48.9. The number of carbonyl (C=O) groups is 3. The van der Waals surface area contributed by atoms with E-state index in [1.54, 1.807) is 46.1 Å². The van der Waals surface area contributed by atoms with Crippen molar-refractivity contribution in [2.24, 2.45) is 22.7 Å². The molecule has 7 rings (SSSR count). The second kappa shape index (κ2) is 12.9. The van der Waals surface area contributed by atoms with Gasteiger partial charge in [-0.05, 0) is 59.4 Å². The van der Waals surface area contributed by atoms with Gasteiger partial charge in [-0.25, -0.2) is 18.0 Å². The molecule has 2 aromatic carbocycles. The number of aromatic nitrogens is 2. The van der Waals surface area contributed by atoms with Crippen molar-refractivity contribution in [3.63, 3.8) is 0 Å². The Balaban J connectivity index is 1.05. The van der Waals surface area contributed by atoms with E-state index in [0.717, 1.165) is 12.0 Å². The number of ether oxygens (including phenoxy) is 1. The number of benzene rings is 2. The first kappa shape index (κ1) is 34.3. The summed E-state index contributed by atoms with van der Waals surface area (Å²) in [5, 5.41) is 14.5. The number of hydrogen-bond acceptors (Lipinski definition) is 5. The minimum atomic E-state index is -2.71. The van der Waals surface area contributed by atoms with Gasteiger partial charge in [-0.2, -0.15) is 5.10 Å². The van der Waals surface area contributed by atoms with Crippen LogP contribution in [0.5, 0.6) is 0 Å². The lowest BCUT2D eigenvalue weighted by Crippen LogP contribution is -2.63. The molecule has 4 aliphatic rings. The maximum absolute atomic E-state index is 13.9. The molecule has 12 heteroatoms. The Bertz CT molecular complexity index is 1770. The van der Waals surface area contributed by atoms with Crippen LogP contribution in [0.2, 0.25) is 0 Å². The smallest absolute Gasteiger partial charge is 0.336 e. The Morgan fingerprint density at radius 1 is 1.00 bits per heavy atom. The van der Waals surface area contributed by atoms with Crippen molar-refractivity contribution in [2.45, 2.75) is 70.9 Å². The molecular formula is C38H43F3N4O5. The Hall–Kier alpha value is -4.19. The predicted molar refractivity (Wildman–Crippen MR) is 177 cm³/mol. The van der Waals surface area contributed by atoms with Gasteiger partial charge in [-0.15, -0.1) is 0 Å². The molecule has 2 saturated heterocycles. The van der Waals surface area contributed by atoms with E-state index < -0.39 is 11.9 Å². The number of aromatic carboxylic acids is 1. The lowest BCUT2D eigenvalue weighted by molar-refractivity contribution is -0.148. The van der Waals surface area contributed by atoms with E-state index in [0.29, 0.717) is 49.4 Å². The molecule has 0 bridgehead atoms. The van der Waals surface area contributed by atoms with Crippen molar-refractivity contribution in [1.29, 1.82) is 0 Å². The summed E-state index contributed by atoms with van der Waals surface area (Å²) >= 11 is 0. The molecule has 0 radical (unpaired) electrons. The Morgan fingerprint density at radius 2 is 1.68 bits per heavy atom. The zero-order chi connectivity index (χ0) is 35.4. The van der Waals surface area contributed by atoms with Crippen molar-refractivity contribution in [1.82, 2.24) is 19.6 Å². The van der Waals surface area contributed by atoms with Crippen LogP contribution in [0.25, 0.3) is 0 Å². The quantitative estimate of drug-likeness (QED) is 0.271. The van der Waals surface area contributed by atoms with Gasteiger partial charge in [0.2, 0.25) is 11.8 Å². The fourth-order valence-corrected chi connectivity index (χ4v) is 8.28. The minimum Gasteiger partial charge on any atom is -0.478 e. The number of likely N-dealkylation sites (tertiary alicyclic amines) is 2. The zero-order valence-corrected chi connectivity index (χ0v) is 28.4. The Labute approximate surface area is 289 Å². The van der Waals surface area contributed by atoms with E-state index in [9.17, 15) is 32.7 Å². The van der Waals surface area contributed by atoms with Gasteiger partial charge in [-0.3, -0.25) is 14.3 Å². The lowest BCUT2D eigenvalue weighted by atomic mass is 9.71. The van der Waals surface area contributed by atoms with Crippen LogP contribution in [-0.4, -0.2) is 81.2 Å². The van der Waals surface area contributed by atoms with Crippen LogP contribution in [0.15, 0.2) is 54.9 Å². The molecule has 50 heavy (non-hydrogen) atoms. The van der Waals surface area contributed by atoms with E-state index in [2.05, 4.69) is 18.9 Å². The number of carboxylic acids is 1. The fraction of sp³-hybridized carbons (Fsp3) is 0.526. The minimum absolute atomic E-state index is 0.00295. The summed E-state index contributed by atoms with van der Waals surface area (Å²) in [7, 11) is 0.